The summed E-state index contributed by atoms with van der Waals surface area (Å²) in [5, 5.41) is 9.82. The number of nitrogens with one attached hydrogen (secondary N) is 2. The Balaban J connectivity index is 2.11. The van der Waals surface area contributed by atoms with Gasteiger partial charge in [0.2, 0.25) is 0 Å². The van der Waals surface area contributed by atoms with Gasteiger partial charge in [-0.25, -0.2) is 15.2 Å². The molecule has 0 fully saturated rings. The number of hydrogen-bond donors (Lipinski definition) is 2. The first-order valence-electron chi connectivity index (χ1n) is 8.31. The number of rotatable bonds is 2. The highest BCUT2D eigenvalue weighted by Crippen LogP contribution is 2.17. The number of aromatic nitrogens is 2. The van der Waals surface area contributed by atoms with Gasteiger partial charge in [-0.2, -0.15) is 5.26 Å². The van der Waals surface area contributed by atoms with E-state index in [0.29, 0.717) is 27.8 Å². The van der Waals surface area contributed by atoms with Crippen molar-refractivity contribution in [2.24, 2.45) is 0 Å². The summed E-state index contributed by atoms with van der Waals surface area (Å²) < 4.78 is 6.52. The summed E-state index contributed by atoms with van der Waals surface area (Å²) in [7, 11) is 0. The topological polar surface area (TPSA) is 109 Å². The number of fused-ring (bicyclic) bond motifs is 3. The monoisotopic (exact) mass is 365 g/mol. The van der Waals surface area contributed by atoms with Gasteiger partial charge in [0.15, 0.2) is 5.65 Å². The number of pyridine rings is 1. The number of hydrazine groups is 1. The highest BCUT2D eigenvalue weighted by atomic mass is 16.6. The Morgan fingerprint density at radius 1 is 1.33 bits per heavy atom. The van der Waals surface area contributed by atoms with Crippen LogP contribution in [0.3, 0.4) is 0 Å². The van der Waals surface area contributed by atoms with E-state index in [1.54, 1.807) is 45.9 Å². The second-order valence-corrected chi connectivity index (χ2v) is 7.01. The molecule has 8 heteroatoms. The first-order valence-corrected chi connectivity index (χ1v) is 8.31. The predicted molar refractivity (Wildman–Crippen MR) is 101 cm³/mol. The Morgan fingerprint density at radius 3 is 2.70 bits per heavy atom. The Morgan fingerprint density at radius 2 is 2.04 bits per heavy atom. The van der Waals surface area contributed by atoms with Crippen molar-refractivity contribution in [3.05, 3.63) is 51.0 Å². The molecule has 0 atom stereocenters. The Kier molecular flexibility index (Phi) is 4.45. The summed E-state index contributed by atoms with van der Waals surface area (Å²) >= 11 is 0. The third-order valence-electron chi connectivity index (χ3n) is 3.90. The molecule has 0 radical (unpaired) electrons. The van der Waals surface area contributed by atoms with Crippen molar-refractivity contribution in [3.63, 3.8) is 0 Å². The van der Waals surface area contributed by atoms with Gasteiger partial charge in [0.25, 0.3) is 5.56 Å². The van der Waals surface area contributed by atoms with Crippen molar-refractivity contribution >= 4 is 29.0 Å². The highest BCUT2D eigenvalue weighted by molar-refractivity contribution is 5.82. The Hall–Kier alpha value is -3.60. The van der Waals surface area contributed by atoms with Crippen LogP contribution in [0.25, 0.3) is 22.9 Å². The maximum Gasteiger partial charge on any atom is 0.426 e. The normalized spacial score (nSPS) is 12.2. The van der Waals surface area contributed by atoms with Crippen LogP contribution in [-0.4, -0.2) is 21.1 Å². The Bertz CT molecular complexity index is 1200. The second-order valence-electron chi connectivity index (χ2n) is 7.01. The number of amides is 1. The van der Waals surface area contributed by atoms with Crippen molar-refractivity contribution < 1.29 is 9.53 Å². The molecular formula is C19H19N5O3. The van der Waals surface area contributed by atoms with E-state index in [1.165, 1.54) is 10.6 Å². The molecule has 0 aliphatic heterocycles. The molecule has 3 aromatic rings. The van der Waals surface area contributed by atoms with E-state index < -0.39 is 11.7 Å². The summed E-state index contributed by atoms with van der Waals surface area (Å²) in [6, 6.07) is 9.28. The third kappa shape index (κ3) is 3.40. The molecule has 0 saturated heterocycles. The van der Waals surface area contributed by atoms with Crippen LogP contribution in [-0.2, 0) is 4.74 Å². The average Bonchev–Trinajstić information content (AvgIpc) is 2.96. The number of hydrogen-bond acceptors (Lipinski definition) is 6. The van der Waals surface area contributed by atoms with Gasteiger partial charge in [0, 0.05) is 6.20 Å². The van der Waals surface area contributed by atoms with Crippen molar-refractivity contribution in [1.29, 1.82) is 5.26 Å². The van der Waals surface area contributed by atoms with Crippen LogP contribution in [0.1, 0.15) is 31.9 Å². The molecule has 2 N–H and O–H groups in total. The zero-order valence-corrected chi connectivity index (χ0v) is 15.5. The summed E-state index contributed by atoms with van der Waals surface area (Å²) in [6.07, 6.45) is 0.662. The number of benzene rings is 1. The molecule has 0 saturated carbocycles. The molecule has 138 valence electrons. The van der Waals surface area contributed by atoms with Gasteiger partial charge in [-0.1, -0.05) is 12.1 Å². The van der Waals surface area contributed by atoms with Crippen molar-refractivity contribution in [1.82, 2.24) is 20.2 Å². The zero-order valence-electron chi connectivity index (χ0n) is 15.5. The van der Waals surface area contributed by atoms with E-state index in [9.17, 15) is 14.9 Å². The van der Waals surface area contributed by atoms with Crippen LogP contribution in [0.4, 0.5) is 4.79 Å². The molecule has 2 heterocycles. The fraction of sp³-hybridized carbons (Fsp3) is 0.263. The first kappa shape index (κ1) is 18.2. The Labute approximate surface area is 155 Å². The lowest BCUT2D eigenvalue weighted by atomic mass is 10.1. The smallest absolute Gasteiger partial charge is 0.426 e. The molecular weight excluding hydrogens is 346 g/mol. The number of imidazole rings is 1. The summed E-state index contributed by atoms with van der Waals surface area (Å²) in [5.74, 6) is 0. The van der Waals surface area contributed by atoms with Crippen LogP contribution in [0, 0.1) is 18.3 Å². The molecule has 0 unspecified atom stereocenters. The maximum atomic E-state index is 13.0. The lowest BCUT2D eigenvalue weighted by Crippen LogP contribution is -2.42. The van der Waals surface area contributed by atoms with E-state index in [-0.39, 0.29) is 10.8 Å². The van der Waals surface area contributed by atoms with Gasteiger partial charge in [0.1, 0.15) is 11.7 Å². The molecule has 2 aromatic heterocycles. The van der Waals surface area contributed by atoms with Crippen LogP contribution >= 0.6 is 0 Å². The second kappa shape index (κ2) is 6.61. The largest absolute Gasteiger partial charge is 0.443 e. The van der Waals surface area contributed by atoms with Crippen LogP contribution in [0.15, 0.2) is 29.1 Å². The highest BCUT2D eigenvalue weighted by Gasteiger charge is 2.17. The summed E-state index contributed by atoms with van der Waals surface area (Å²) in [4.78, 5) is 29.1. The van der Waals surface area contributed by atoms with Crippen LogP contribution in [0.2, 0.25) is 0 Å². The van der Waals surface area contributed by atoms with Gasteiger partial charge >= 0.3 is 6.09 Å². The zero-order chi connectivity index (χ0) is 19.8. The van der Waals surface area contributed by atoms with Gasteiger partial charge in [-0.05, 0) is 45.4 Å². The average molecular weight is 365 g/mol. The minimum atomic E-state index is -0.682. The SMILES string of the molecule is Cc1c(C#N)c2nc3ccccc3n2c(=O)c1=CNNC(=O)OC(C)(C)C. The molecule has 1 aromatic carbocycles. The quantitative estimate of drug-likeness (QED) is 0.667. The molecule has 0 aliphatic carbocycles. The van der Waals surface area contributed by atoms with E-state index >= 15 is 0 Å². The predicted octanol–water partition coefficient (Wildman–Crippen LogP) is 1.51. The minimum absolute atomic E-state index is 0.248. The maximum absolute atomic E-state index is 13.0. The van der Waals surface area contributed by atoms with Gasteiger partial charge in [0.05, 0.1) is 21.8 Å². The van der Waals surface area contributed by atoms with Gasteiger partial charge in [-0.3, -0.25) is 9.20 Å². The number of carbonyl (C=O) groups excluding carboxylic acids is 1. The fourth-order valence-electron chi connectivity index (χ4n) is 2.76. The van der Waals surface area contributed by atoms with E-state index in [2.05, 4.69) is 21.9 Å². The minimum Gasteiger partial charge on any atom is -0.443 e. The lowest BCUT2D eigenvalue weighted by molar-refractivity contribution is 0.0512. The van der Waals surface area contributed by atoms with Crippen molar-refractivity contribution in [3.8, 4) is 6.07 Å². The van der Waals surface area contributed by atoms with E-state index in [0.717, 1.165) is 0 Å². The number of nitrogens with zero attached hydrogens (tertiary/aromatic N) is 3. The van der Waals surface area contributed by atoms with Crippen molar-refractivity contribution in [2.75, 3.05) is 0 Å². The van der Waals surface area contributed by atoms with Crippen molar-refractivity contribution in [2.45, 2.75) is 33.3 Å². The molecule has 0 aliphatic rings. The van der Waals surface area contributed by atoms with E-state index in [4.69, 9.17) is 4.74 Å². The van der Waals surface area contributed by atoms with E-state index in [1.807, 2.05) is 6.07 Å². The molecule has 3 rings (SSSR count). The first-order chi connectivity index (χ1) is 12.7. The summed E-state index contributed by atoms with van der Waals surface area (Å²) in [6.45, 7) is 6.90. The van der Waals surface area contributed by atoms with Gasteiger partial charge < -0.3 is 10.2 Å². The fourth-order valence-corrected chi connectivity index (χ4v) is 2.76. The number of carbonyl (C=O) groups is 1. The summed E-state index contributed by atoms with van der Waals surface area (Å²) in [5.41, 5.74) is 6.27. The number of nitriles is 1. The molecule has 8 nitrogen and oxygen atoms in total. The number of ether oxygens (including phenoxy) is 1. The lowest BCUT2D eigenvalue weighted by Gasteiger charge is -2.19. The molecule has 1 amide bonds. The third-order valence-corrected chi connectivity index (χ3v) is 3.90. The van der Waals surface area contributed by atoms with Gasteiger partial charge in [-0.15, -0.1) is 0 Å². The molecule has 27 heavy (non-hydrogen) atoms. The molecule has 0 spiro atoms. The molecule has 0 bridgehead atoms. The van der Waals surface area contributed by atoms with Crippen LogP contribution in [0.5, 0.6) is 0 Å². The number of para-hydroxylation sites is 2. The standard InChI is InChI=1S/C19H19N5O3/c1-11-12(9-20)16-22-14-7-5-6-8-15(14)24(16)17(25)13(11)10-21-23-18(26)27-19(2,3)4/h5-8,10,21H,1-4H3,(H,23,26). The van der Waals surface area contributed by atoms with Crippen LogP contribution < -0.4 is 21.6 Å².